The van der Waals surface area contributed by atoms with Crippen molar-refractivity contribution >= 4 is 11.1 Å². The normalized spacial score (nSPS) is 25.3. The highest BCUT2D eigenvalue weighted by Gasteiger charge is 2.24. The van der Waals surface area contributed by atoms with Crippen LogP contribution in [0.5, 0.6) is 0 Å². The zero-order valence-electron chi connectivity index (χ0n) is 9.53. The number of hydrogen-bond acceptors (Lipinski definition) is 3. The SMILES string of the molecule is NC1CCC(c2nc3cc(F)ccc3o2)CC1. The summed E-state index contributed by atoms with van der Waals surface area (Å²) >= 11 is 0. The molecule has 1 saturated carbocycles. The molecule has 1 aliphatic rings. The molecule has 0 bridgehead atoms. The maximum Gasteiger partial charge on any atom is 0.198 e. The Labute approximate surface area is 98.8 Å². The number of nitrogens with two attached hydrogens (primary N) is 1. The molecule has 0 unspecified atom stereocenters. The Morgan fingerprint density at radius 1 is 1.24 bits per heavy atom. The van der Waals surface area contributed by atoms with Crippen molar-refractivity contribution in [2.75, 3.05) is 0 Å². The van der Waals surface area contributed by atoms with Gasteiger partial charge < -0.3 is 10.2 Å². The topological polar surface area (TPSA) is 52.0 Å². The number of aromatic nitrogens is 1. The Morgan fingerprint density at radius 2 is 2.00 bits per heavy atom. The number of oxazole rings is 1. The van der Waals surface area contributed by atoms with E-state index >= 15 is 0 Å². The number of hydrogen-bond donors (Lipinski definition) is 1. The van der Waals surface area contributed by atoms with Crippen molar-refractivity contribution in [3.05, 3.63) is 29.9 Å². The highest BCUT2D eigenvalue weighted by molar-refractivity contribution is 5.72. The zero-order chi connectivity index (χ0) is 11.8. The van der Waals surface area contributed by atoms with E-state index in [0.717, 1.165) is 31.6 Å². The molecule has 3 nitrogen and oxygen atoms in total. The second-order valence-electron chi connectivity index (χ2n) is 4.78. The molecule has 0 atom stereocenters. The third-order valence-electron chi connectivity index (χ3n) is 3.49. The molecule has 2 N–H and O–H groups in total. The van der Waals surface area contributed by atoms with Crippen LogP contribution in [0, 0.1) is 5.82 Å². The van der Waals surface area contributed by atoms with E-state index < -0.39 is 0 Å². The van der Waals surface area contributed by atoms with Crippen LogP contribution in [0.3, 0.4) is 0 Å². The highest BCUT2D eigenvalue weighted by Crippen LogP contribution is 2.33. The van der Waals surface area contributed by atoms with E-state index in [4.69, 9.17) is 10.2 Å². The molecule has 2 aromatic rings. The van der Waals surface area contributed by atoms with E-state index in [1.54, 1.807) is 6.07 Å². The van der Waals surface area contributed by atoms with Crippen LogP contribution in [0.1, 0.15) is 37.5 Å². The van der Waals surface area contributed by atoms with E-state index in [1.165, 1.54) is 12.1 Å². The summed E-state index contributed by atoms with van der Waals surface area (Å²) in [7, 11) is 0. The van der Waals surface area contributed by atoms with Crippen LogP contribution in [0.4, 0.5) is 4.39 Å². The van der Waals surface area contributed by atoms with Crippen LogP contribution >= 0.6 is 0 Å². The van der Waals surface area contributed by atoms with Gasteiger partial charge in [0, 0.05) is 18.0 Å². The van der Waals surface area contributed by atoms with Gasteiger partial charge in [-0.1, -0.05) is 0 Å². The average Bonchev–Trinajstić information content (AvgIpc) is 2.72. The summed E-state index contributed by atoms with van der Waals surface area (Å²) in [5, 5.41) is 0. The Kier molecular flexibility index (Phi) is 2.59. The molecule has 0 radical (unpaired) electrons. The molecule has 0 aliphatic heterocycles. The minimum atomic E-state index is -0.275. The van der Waals surface area contributed by atoms with Gasteiger partial charge in [-0.25, -0.2) is 9.37 Å². The fourth-order valence-electron chi connectivity index (χ4n) is 2.46. The van der Waals surface area contributed by atoms with Gasteiger partial charge in [0.1, 0.15) is 11.3 Å². The first-order chi connectivity index (χ1) is 8.22. The van der Waals surface area contributed by atoms with Gasteiger partial charge in [-0.15, -0.1) is 0 Å². The van der Waals surface area contributed by atoms with Crippen molar-refractivity contribution in [2.24, 2.45) is 5.73 Å². The Balaban J connectivity index is 1.90. The molecule has 1 aromatic heterocycles. The number of halogens is 1. The monoisotopic (exact) mass is 234 g/mol. The third-order valence-corrected chi connectivity index (χ3v) is 3.49. The maximum atomic E-state index is 13.0. The van der Waals surface area contributed by atoms with Crippen molar-refractivity contribution in [1.29, 1.82) is 0 Å². The highest BCUT2D eigenvalue weighted by atomic mass is 19.1. The van der Waals surface area contributed by atoms with E-state index in [1.807, 2.05) is 0 Å². The summed E-state index contributed by atoms with van der Waals surface area (Å²) in [6.45, 7) is 0. The number of benzene rings is 1. The second-order valence-corrected chi connectivity index (χ2v) is 4.78. The summed E-state index contributed by atoms with van der Waals surface area (Å²) < 4.78 is 18.7. The minimum absolute atomic E-state index is 0.275. The van der Waals surface area contributed by atoms with Gasteiger partial charge in [0.25, 0.3) is 0 Å². The lowest BCUT2D eigenvalue weighted by atomic mass is 9.86. The van der Waals surface area contributed by atoms with Gasteiger partial charge in [-0.05, 0) is 37.8 Å². The molecule has 0 amide bonds. The first-order valence-electron chi connectivity index (χ1n) is 6.04. The predicted molar refractivity (Wildman–Crippen MR) is 63.2 cm³/mol. The molecule has 17 heavy (non-hydrogen) atoms. The standard InChI is InChI=1S/C13H15FN2O/c14-9-3-6-12-11(7-9)16-13(17-12)8-1-4-10(15)5-2-8/h3,6-8,10H,1-2,4-5,15H2. The minimum Gasteiger partial charge on any atom is -0.440 e. The zero-order valence-corrected chi connectivity index (χ0v) is 9.53. The van der Waals surface area contributed by atoms with Crippen molar-refractivity contribution in [3.63, 3.8) is 0 Å². The molecular formula is C13H15FN2O. The summed E-state index contributed by atoms with van der Waals surface area (Å²) in [6, 6.07) is 4.76. The fourth-order valence-corrected chi connectivity index (χ4v) is 2.46. The molecular weight excluding hydrogens is 219 g/mol. The molecule has 1 aliphatic carbocycles. The molecule has 3 rings (SSSR count). The molecule has 0 saturated heterocycles. The summed E-state index contributed by atoms with van der Waals surface area (Å²) in [4.78, 5) is 4.37. The smallest absolute Gasteiger partial charge is 0.198 e. The van der Waals surface area contributed by atoms with E-state index in [9.17, 15) is 4.39 Å². The molecule has 1 aromatic carbocycles. The van der Waals surface area contributed by atoms with Gasteiger partial charge in [0.15, 0.2) is 11.5 Å². The molecule has 1 heterocycles. The average molecular weight is 234 g/mol. The number of nitrogens with zero attached hydrogens (tertiary/aromatic N) is 1. The lowest BCUT2D eigenvalue weighted by molar-refractivity contribution is 0.346. The van der Waals surface area contributed by atoms with Gasteiger partial charge >= 0.3 is 0 Å². The molecule has 0 spiro atoms. The molecule has 90 valence electrons. The molecule has 4 heteroatoms. The van der Waals surface area contributed by atoms with Crippen LogP contribution in [0.15, 0.2) is 22.6 Å². The quantitative estimate of drug-likeness (QED) is 0.825. The Morgan fingerprint density at radius 3 is 2.76 bits per heavy atom. The Hall–Kier alpha value is -1.42. The summed E-state index contributed by atoms with van der Waals surface area (Å²) in [5.41, 5.74) is 7.14. The largest absolute Gasteiger partial charge is 0.440 e. The number of rotatable bonds is 1. The van der Waals surface area contributed by atoms with Crippen molar-refractivity contribution in [2.45, 2.75) is 37.6 Å². The van der Waals surface area contributed by atoms with Crippen LogP contribution in [0.25, 0.3) is 11.1 Å². The number of fused-ring (bicyclic) bond motifs is 1. The van der Waals surface area contributed by atoms with Crippen LogP contribution in [0.2, 0.25) is 0 Å². The van der Waals surface area contributed by atoms with Gasteiger partial charge in [0.2, 0.25) is 0 Å². The first-order valence-corrected chi connectivity index (χ1v) is 6.04. The fraction of sp³-hybridized carbons (Fsp3) is 0.462. The Bertz CT molecular complexity index is 529. The van der Waals surface area contributed by atoms with E-state index in [0.29, 0.717) is 23.1 Å². The maximum absolute atomic E-state index is 13.0. The summed E-state index contributed by atoms with van der Waals surface area (Å²) in [5.74, 6) is 0.797. The van der Waals surface area contributed by atoms with Gasteiger partial charge in [-0.2, -0.15) is 0 Å². The van der Waals surface area contributed by atoms with E-state index in [2.05, 4.69) is 4.98 Å². The van der Waals surface area contributed by atoms with E-state index in [-0.39, 0.29) is 5.82 Å². The van der Waals surface area contributed by atoms with Gasteiger partial charge in [-0.3, -0.25) is 0 Å². The van der Waals surface area contributed by atoms with Crippen LogP contribution in [-0.2, 0) is 0 Å². The lowest BCUT2D eigenvalue weighted by Crippen LogP contribution is -2.25. The lowest BCUT2D eigenvalue weighted by Gasteiger charge is -2.23. The molecule has 1 fully saturated rings. The van der Waals surface area contributed by atoms with Crippen molar-refractivity contribution < 1.29 is 8.81 Å². The second kappa shape index (κ2) is 4.11. The first kappa shape index (κ1) is 10.7. The van der Waals surface area contributed by atoms with Crippen molar-refractivity contribution in [3.8, 4) is 0 Å². The summed E-state index contributed by atoms with van der Waals surface area (Å²) in [6.07, 6.45) is 4.04. The van der Waals surface area contributed by atoms with Crippen molar-refractivity contribution in [1.82, 2.24) is 4.98 Å². The van der Waals surface area contributed by atoms with Crippen LogP contribution < -0.4 is 5.73 Å². The predicted octanol–water partition coefficient (Wildman–Crippen LogP) is 2.95. The van der Waals surface area contributed by atoms with Crippen LogP contribution in [-0.4, -0.2) is 11.0 Å². The third kappa shape index (κ3) is 2.05. The van der Waals surface area contributed by atoms with Gasteiger partial charge in [0.05, 0.1) is 0 Å².